The van der Waals surface area contributed by atoms with Crippen molar-refractivity contribution >= 4 is 28.1 Å². The number of aromatic nitrogens is 2. The van der Waals surface area contributed by atoms with Crippen LogP contribution in [0.2, 0.25) is 0 Å². The maximum Gasteiger partial charge on any atom is 0.253 e. The minimum absolute atomic E-state index is 0.00458. The molecular formula is C20H22N4O2S. The first-order chi connectivity index (χ1) is 13.2. The molecule has 1 amide bonds. The molecule has 2 saturated heterocycles. The van der Waals surface area contributed by atoms with Crippen LogP contribution in [0, 0.1) is 0 Å². The number of fused-ring (bicyclic) bond motifs is 3. The molecule has 3 atom stereocenters. The van der Waals surface area contributed by atoms with Crippen LogP contribution in [-0.2, 0) is 4.74 Å². The molecule has 4 heterocycles. The number of ether oxygens (including phenoxy) is 1. The predicted octanol–water partition coefficient (Wildman–Crippen LogP) is 2.68. The quantitative estimate of drug-likeness (QED) is 0.757. The highest BCUT2D eigenvalue weighted by atomic mass is 32.1. The summed E-state index contributed by atoms with van der Waals surface area (Å²) in [6.07, 6.45) is 5.57. The predicted molar refractivity (Wildman–Crippen MR) is 106 cm³/mol. The van der Waals surface area contributed by atoms with Gasteiger partial charge in [0.2, 0.25) is 0 Å². The zero-order chi connectivity index (χ0) is 18.4. The fourth-order valence-corrected chi connectivity index (χ4v) is 4.96. The second-order valence-electron chi connectivity index (χ2n) is 7.40. The Labute approximate surface area is 161 Å². The van der Waals surface area contributed by atoms with Crippen molar-refractivity contribution in [3.8, 4) is 5.13 Å². The third-order valence-electron chi connectivity index (χ3n) is 5.80. The van der Waals surface area contributed by atoms with Crippen LogP contribution in [0.15, 0.2) is 42.0 Å². The molecule has 1 unspecified atom stereocenters. The van der Waals surface area contributed by atoms with Gasteiger partial charge in [0.15, 0.2) is 5.13 Å². The summed E-state index contributed by atoms with van der Waals surface area (Å²) in [6.45, 7) is 1.51. The zero-order valence-corrected chi connectivity index (χ0v) is 16.0. The van der Waals surface area contributed by atoms with Crippen molar-refractivity contribution in [1.29, 1.82) is 0 Å². The SMILES string of the molecule is CN1[C@@H]2COC[C@H]1CC(NC(=O)c1cn(-c3nccs3)c3ccccc13)C2. The van der Waals surface area contributed by atoms with Gasteiger partial charge in [-0.15, -0.1) is 11.3 Å². The molecule has 1 aromatic carbocycles. The Bertz CT molecular complexity index is 954. The lowest BCUT2D eigenvalue weighted by molar-refractivity contribution is -0.0670. The van der Waals surface area contributed by atoms with Gasteiger partial charge in [0.1, 0.15) is 0 Å². The van der Waals surface area contributed by atoms with Crippen molar-refractivity contribution in [2.75, 3.05) is 20.3 Å². The summed E-state index contributed by atoms with van der Waals surface area (Å²) >= 11 is 1.56. The lowest BCUT2D eigenvalue weighted by Crippen LogP contribution is -2.59. The monoisotopic (exact) mass is 382 g/mol. The van der Waals surface area contributed by atoms with Crippen molar-refractivity contribution in [2.45, 2.75) is 31.0 Å². The average Bonchev–Trinajstić information content (AvgIpc) is 3.30. The Morgan fingerprint density at radius 2 is 2.04 bits per heavy atom. The molecule has 0 aliphatic carbocycles. The highest BCUT2D eigenvalue weighted by Crippen LogP contribution is 2.28. The summed E-state index contributed by atoms with van der Waals surface area (Å²) in [5.74, 6) is -0.00458. The zero-order valence-electron chi connectivity index (χ0n) is 15.2. The number of benzene rings is 1. The third-order valence-corrected chi connectivity index (χ3v) is 6.57. The van der Waals surface area contributed by atoms with E-state index in [4.69, 9.17) is 4.74 Å². The number of para-hydroxylation sites is 1. The number of likely N-dealkylation sites (N-methyl/N-ethyl adjacent to an activating group) is 1. The van der Waals surface area contributed by atoms with Gasteiger partial charge in [0.05, 0.1) is 24.3 Å². The number of carbonyl (C=O) groups excluding carboxylic acids is 1. The van der Waals surface area contributed by atoms with Gasteiger partial charge < -0.3 is 10.1 Å². The normalized spacial score (nSPS) is 25.6. The van der Waals surface area contributed by atoms with Crippen LogP contribution < -0.4 is 5.32 Å². The number of rotatable bonds is 3. The van der Waals surface area contributed by atoms with Crippen molar-refractivity contribution in [3.63, 3.8) is 0 Å². The molecule has 2 aliphatic rings. The smallest absolute Gasteiger partial charge is 0.253 e. The highest BCUT2D eigenvalue weighted by Gasteiger charge is 2.37. The molecule has 0 radical (unpaired) electrons. The molecule has 0 spiro atoms. The minimum Gasteiger partial charge on any atom is -0.378 e. The molecular weight excluding hydrogens is 360 g/mol. The van der Waals surface area contributed by atoms with E-state index in [9.17, 15) is 4.79 Å². The molecule has 0 saturated carbocycles. The van der Waals surface area contributed by atoms with Gasteiger partial charge in [0.25, 0.3) is 5.91 Å². The molecule has 5 rings (SSSR count). The topological polar surface area (TPSA) is 59.4 Å². The van der Waals surface area contributed by atoms with Gasteiger partial charge in [-0.2, -0.15) is 0 Å². The Morgan fingerprint density at radius 1 is 1.26 bits per heavy atom. The van der Waals surface area contributed by atoms with Crippen LogP contribution in [0.3, 0.4) is 0 Å². The van der Waals surface area contributed by atoms with Gasteiger partial charge in [0, 0.05) is 41.3 Å². The Hall–Kier alpha value is -2.22. The van der Waals surface area contributed by atoms with E-state index in [2.05, 4.69) is 22.2 Å². The van der Waals surface area contributed by atoms with E-state index < -0.39 is 0 Å². The van der Waals surface area contributed by atoms with E-state index in [0.717, 1.165) is 42.1 Å². The largest absolute Gasteiger partial charge is 0.378 e. The molecule has 2 fully saturated rings. The Balaban J connectivity index is 1.43. The van der Waals surface area contributed by atoms with Gasteiger partial charge in [-0.3, -0.25) is 14.3 Å². The van der Waals surface area contributed by atoms with Gasteiger partial charge >= 0.3 is 0 Å². The standard InChI is InChI=1S/C20H22N4O2S/c1-23-14-8-13(9-15(23)12-26-11-14)22-19(25)17-10-24(20-21-6-7-27-20)18-5-3-2-4-16(17)18/h2-7,10,13-15H,8-9,11-12H2,1H3,(H,22,25)/t13?,14-,15+. The number of amides is 1. The third kappa shape index (κ3) is 2.96. The summed E-state index contributed by atoms with van der Waals surface area (Å²) in [4.78, 5) is 19.9. The van der Waals surface area contributed by atoms with Crippen LogP contribution in [0.1, 0.15) is 23.2 Å². The van der Waals surface area contributed by atoms with E-state index in [0.29, 0.717) is 17.6 Å². The number of hydrogen-bond acceptors (Lipinski definition) is 5. The molecule has 2 bridgehead atoms. The minimum atomic E-state index is -0.00458. The summed E-state index contributed by atoms with van der Waals surface area (Å²) < 4.78 is 7.69. The Kier molecular flexibility index (Phi) is 4.22. The van der Waals surface area contributed by atoms with E-state index in [1.165, 1.54) is 0 Å². The first kappa shape index (κ1) is 16.9. The number of piperidine rings is 1. The second kappa shape index (κ2) is 6.74. The van der Waals surface area contributed by atoms with E-state index in [1.54, 1.807) is 17.5 Å². The van der Waals surface area contributed by atoms with Gasteiger partial charge in [-0.05, 0) is 26.0 Å². The lowest BCUT2D eigenvalue weighted by atomic mass is 9.90. The second-order valence-corrected chi connectivity index (χ2v) is 8.27. The number of hydrogen-bond donors (Lipinski definition) is 1. The summed E-state index contributed by atoms with van der Waals surface area (Å²) in [5, 5.41) is 7.06. The van der Waals surface area contributed by atoms with Gasteiger partial charge in [-0.1, -0.05) is 18.2 Å². The summed E-state index contributed by atoms with van der Waals surface area (Å²) in [5.41, 5.74) is 1.72. The fourth-order valence-electron chi connectivity index (χ4n) is 4.33. The molecule has 27 heavy (non-hydrogen) atoms. The molecule has 1 N–H and O–H groups in total. The molecule has 140 valence electrons. The average molecular weight is 382 g/mol. The van der Waals surface area contributed by atoms with Crippen molar-refractivity contribution in [1.82, 2.24) is 19.8 Å². The van der Waals surface area contributed by atoms with Crippen LogP contribution >= 0.6 is 11.3 Å². The molecule has 2 aromatic heterocycles. The van der Waals surface area contributed by atoms with Crippen LogP contribution in [0.5, 0.6) is 0 Å². The number of morpholine rings is 1. The maximum atomic E-state index is 13.1. The number of thiazole rings is 1. The molecule has 6 nitrogen and oxygen atoms in total. The highest BCUT2D eigenvalue weighted by molar-refractivity contribution is 7.12. The number of nitrogens with one attached hydrogen (secondary N) is 1. The first-order valence-corrected chi connectivity index (χ1v) is 10.2. The van der Waals surface area contributed by atoms with Crippen LogP contribution in [0.25, 0.3) is 16.0 Å². The molecule has 7 heteroatoms. The summed E-state index contributed by atoms with van der Waals surface area (Å²) in [6, 6.07) is 8.97. The van der Waals surface area contributed by atoms with Crippen molar-refractivity contribution in [2.24, 2.45) is 0 Å². The van der Waals surface area contributed by atoms with E-state index in [-0.39, 0.29) is 11.9 Å². The fraction of sp³-hybridized carbons (Fsp3) is 0.400. The number of carbonyl (C=O) groups is 1. The maximum absolute atomic E-state index is 13.1. The Morgan fingerprint density at radius 3 is 2.78 bits per heavy atom. The number of nitrogens with zero attached hydrogens (tertiary/aromatic N) is 3. The van der Waals surface area contributed by atoms with E-state index in [1.807, 2.05) is 40.4 Å². The van der Waals surface area contributed by atoms with Crippen LogP contribution in [0.4, 0.5) is 0 Å². The first-order valence-electron chi connectivity index (χ1n) is 9.31. The summed E-state index contributed by atoms with van der Waals surface area (Å²) in [7, 11) is 2.16. The lowest BCUT2D eigenvalue weighted by Gasteiger charge is -2.46. The van der Waals surface area contributed by atoms with E-state index >= 15 is 0 Å². The molecule has 3 aromatic rings. The molecule has 2 aliphatic heterocycles. The van der Waals surface area contributed by atoms with Gasteiger partial charge in [-0.25, -0.2) is 4.98 Å². The van der Waals surface area contributed by atoms with Crippen molar-refractivity contribution in [3.05, 3.63) is 47.6 Å². The van der Waals surface area contributed by atoms with Crippen LogP contribution in [-0.4, -0.2) is 58.7 Å². The van der Waals surface area contributed by atoms with Crippen molar-refractivity contribution < 1.29 is 9.53 Å².